The molecular formula is C14H16Cl2N2O4S. The minimum absolute atomic E-state index is 0.135. The molecule has 23 heavy (non-hydrogen) atoms. The number of halogens is 2. The Labute approximate surface area is 144 Å². The van der Waals surface area contributed by atoms with Crippen LogP contribution in [0.15, 0.2) is 29.2 Å². The van der Waals surface area contributed by atoms with Crippen LogP contribution in [0.1, 0.15) is 6.42 Å². The highest BCUT2D eigenvalue weighted by atomic mass is 35.5. The van der Waals surface area contributed by atoms with Gasteiger partial charge in [0, 0.05) is 18.8 Å². The van der Waals surface area contributed by atoms with Crippen molar-refractivity contribution in [3.63, 3.8) is 0 Å². The van der Waals surface area contributed by atoms with Crippen LogP contribution in [0.5, 0.6) is 0 Å². The van der Waals surface area contributed by atoms with Crippen LogP contribution in [-0.4, -0.2) is 49.3 Å². The number of hydrogen-bond donors (Lipinski definition) is 1. The van der Waals surface area contributed by atoms with Crippen LogP contribution in [-0.2, 0) is 19.6 Å². The second kappa shape index (κ2) is 6.22. The van der Waals surface area contributed by atoms with Crippen LogP contribution < -0.4 is 5.32 Å². The summed E-state index contributed by atoms with van der Waals surface area (Å²) < 4.78 is 30.7. The first kappa shape index (κ1) is 17.0. The first-order valence-electron chi connectivity index (χ1n) is 7.17. The second-order valence-electron chi connectivity index (χ2n) is 5.55. The van der Waals surface area contributed by atoms with Crippen molar-refractivity contribution < 1.29 is 17.9 Å². The summed E-state index contributed by atoms with van der Waals surface area (Å²) in [6.45, 7) is 1.40. The van der Waals surface area contributed by atoms with Crippen LogP contribution in [0.4, 0.5) is 5.69 Å². The zero-order valence-electron chi connectivity index (χ0n) is 12.2. The van der Waals surface area contributed by atoms with Crippen LogP contribution in [0.3, 0.4) is 0 Å². The number of carbonyl (C=O) groups excluding carboxylic acids is 1. The van der Waals surface area contributed by atoms with Crippen molar-refractivity contribution in [3.05, 3.63) is 24.3 Å². The van der Waals surface area contributed by atoms with E-state index in [0.717, 1.165) is 0 Å². The van der Waals surface area contributed by atoms with E-state index in [9.17, 15) is 13.2 Å². The van der Waals surface area contributed by atoms with Gasteiger partial charge in [0.25, 0.3) is 0 Å². The molecule has 1 amide bonds. The molecule has 0 bridgehead atoms. The van der Waals surface area contributed by atoms with Crippen LogP contribution in [0, 0.1) is 5.92 Å². The first-order chi connectivity index (χ1) is 10.8. The number of hydrogen-bond acceptors (Lipinski definition) is 4. The molecule has 1 N–H and O–H groups in total. The second-order valence-corrected chi connectivity index (χ2v) is 9.03. The summed E-state index contributed by atoms with van der Waals surface area (Å²) in [5.74, 6) is -0.777. The lowest BCUT2D eigenvalue weighted by Crippen LogP contribution is -2.40. The fraction of sp³-hybridized carbons (Fsp3) is 0.500. The van der Waals surface area contributed by atoms with E-state index in [-0.39, 0.29) is 10.8 Å². The molecule has 1 atom stereocenters. The number of anilines is 1. The van der Waals surface area contributed by atoms with Crippen molar-refractivity contribution in [2.45, 2.75) is 15.6 Å². The third kappa shape index (κ3) is 3.64. The summed E-state index contributed by atoms with van der Waals surface area (Å²) in [4.78, 5) is 12.1. The molecular weight excluding hydrogens is 363 g/mol. The maximum absolute atomic E-state index is 12.6. The number of ether oxygens (including phenoxy) is 1. The van der Waals surface area contributed by atoms with Gasteiger partial charge in [0.15, 0.2) is 0 Å². The Kier molecular flexibility index (Phi) is 4.59. The number of rotatable bonds is 4. The summed E-state index contributed by atoms with van der Waals surface area (Å²) in [6, 6.07) is 6.16. The molecule has 1 unspecified atom stereocenters. The first-order valence-corrected chi connectivity index (χ1v) is 9.37. The Hall–Kier alpha value is -0.860. The number of benzene rings is 1. The van der Waals surface area contributed by atoms with Gasteiger partial charge in [-0.3, -0.25) is 4.79 Å². The number of carbonyl (C=O) groups is 1. The van der Waals surface area contributed by atoms with Crippen LogP contribution in [0.25, 0.3) is 0 Å². The van der Waals surface area contributed by atoms with E-state index in [1.54, 1.807) is 12.1 Å². The molecule has 2 fully saturated rings. The lowest BCUT2D eigenvalue weighted by molar-refractivity contribution is -0.117. The highest BCUT2D eigenvalue weighted by Gasteiger charge is 2.56. The third-order valence-corrected chi connectivity index (χ3v) is 6.58. The Balaban J connectivity index is 1.75. The number of nitrogens with zero attached hydrogens (tertiary/aromatic N) is 1. The van der Waals surface area contributed by atoms with Gasteiger partial charge in [-0.2, -0.15) is 4.31 Å². The van der Waals surface area contributed by atoms with Crippen molar-refractivity contribution in [3.8, 4) is 0 Å². The Morgan fingerprint density at radius 1 is 1.30 bits per heavy atom. The molecule has 2 aliphatic rings. The molecule has 1 saturated heterocycles. The summed E-state index contributed by atoms with van der Waals surface area (Å²) in [5.41, 5.74) is 0.403. The zero-order chi connectivity index (χ0) is 16.7. The molecule has 126 valence electrons. The van der Waals surface area contributed by atoms with E-state index in [4.69, 9.17) is 27.9 Å². The van der Waals surface area contributed by atoms with E-state index in [1.165, 1.54) is 16.4 Å². The Bertz CT molecular complexity index is 717. The number of sulfonamides is 1. The minimum atomic E-state index is -3.60. The predicted molar refractivity (Wildman–Crippen MR) is 87.2 cm³/mol. The molecule has 9 heteroatoms. The summed E-state index contributed by atoms with van der Waals surface area (Å²) in [6.07, 6.45) is 0.397. The molecule has 0 radical (unpaired) electrons. The van der Waals surface area contributed by atoms with Gasteiger partial charge in [-0.1, -0.05) is 6.07 Å². The van der Waals surface area contributed by atoms with Crippen molar-refractivity contribution in [2.75, 3.05) is 31.6 Å². The molecule has 1 aliphatic heterocycles. The Morgan fingerprint density at radius 3 is 2.57 bits per heavy atom. The third-order valence-electron chi connectivity index (χ3n) is 3.85. The lowest BCUT2D eigenvalue weighted by atomic mass is 10.3. The van der Waals surface area contributed by atoms with Crippen molar-refractivity contribution in [1.82, 2.24) is 4.31 Å². The molecule has 1 saturated carbocycles. The maximum atomic E-state index is 12.6. The fourth-order valence-electron chi connectivity index (χ4n) is 2.40. The van der Waals surface area contributed by atoms with Crippen molar-refractivity contribution in [1.29, 1.82) is 0 Å². The highest BCUT2D eigenvalue weighted by molar-refractivity contribution is 7.89. The summed E-state index contributed by atoms with van der Waals surface area (Å²) >= 11 is 11.7. The molecule has 1 heterocycles. The molecule has 6 nitrogen and oxygen atoms in total. The number of morpholine rings is 1. The van der Waals surface area contributed by atoms with Crippen LogP contribution in [0.2, 0.25) is 0 Å². The summed E-state index contributed by atoms with van der Waals surface area (Å²) in [5, 5.41) is 2.66. The number of alkyl halides is 2. The Morgan fingerprint density at radius 2 is 1.96 bits per heavy atom. The monoisotopic (exact) mass is 378 g/mol. The van der Waals surface area contributed by atoms with Gasteiger partial charge in [-0.25, -0.2) is 8.42 Å². The minimum Gasteiger partial charge on any atom is -0.379 e. The maximum Gasteiger partial charge on any atom is 0.243 e. The van der Waals surface area contributed by atoms with Gasteiger partial charge in [0.05, 0.1) is 24.0 Å². The van der Waals surface area contributed by atoms with E-state index in [1.807, 2.05) is 0 Å². The molecule has 0 spiro atoms. The molecule has 0 aromatic heterocycles. The predicted octanol–water partition coefficient (Wildman–Crippen LogP) is 1.84. The average Bonchev–Trinajstić information content (AvgIpc) is 3.17. The van der Waals surface area contributed by atoms with E-state index in [0.29, 0.717) is 38.4 Å². The van der Waals surface area contributed by atoms with E-state index >= 15 is 0 Å². The van der Waals surface area contributed by atoms with Crippen molar-refractivity contribution in [2.24, 2.45) is 5.92 Å². The summed E-state index contributed by atoms with van der Waals surface area (Å²) in [7, 11) is -3.60. The smallest absolute Gasteiger partial charge is 0.243 e. The van der Waals surface area contributed by atoms with Gasteiger partial charge in [-0.15, -0.1) is 23.2 Å². The van der Waals surface area contributed by atoms with Gasteiger partial charge < -0.3 is 10.1 Å². The van der Waals surface area contributed by atoms with Crippen LogP contribution >= 0.6 is 23.2 Å². The quantitative estimate of drug-likeness (QED) is 0.811. The van der Waals surface area contributed by atoms with Gasteiger partial charge in [0.2, 0.25) is 15.9 Å². The molecule has 1 aromatic carbocycles. The topological polar surface area (TPSA) is 75.7 Å². The standard InChI is InChI=1S/C14H16Cl2N2O4S/c15-14(16)9-12(14)13(19)17-10-2-1-3-11(8-10)23(20,21)18-4-6-22-7-5-18/h1-3,8,12H,4-7,9H2,(H,17,19). The average molecular weight is 379 g/mol. The largest absolute Gasteiger partial charge is 0.379 e. The highest BCUT2D eigenvalue weighted by Crippen LogP contribution is 2.53. The van der Waals surface area contributed by atoms with Crippen molar-refractivity contribution >= 4 is 44.8 Å². The molecule has 1 aliphatic carbocycles. The SMILES string of the molecule is O=C(Nc1cccc(S(=O)(=O)N2CCOCC2)c1)C1CC1(Cl)Cl. The van der Waals surface area contributed by atoms with E-state index < -0.39 is 20.3 Å². The van der Waals surface area contributed by atoms with Gasteiger partial charge in [-0.05, 0) is 24.6 Å². The number of nitrogens with one attached hydrogen (secondary N) is 1. The fourth-order valence-corrected chi connectivity index (χ4v) is 4.36. The zero-order valence-corrected chi connectivity index (χ0v) is 14.5. The van der Waals surface area contributed by atoms with Gasteiger partial charge >= 0.3 is 0 Å². The van der Waals surface area contributed by atoms with Gasteiger partial charge in [0.1, 0.15) is 4.33 Å². The molecule has 3 rings (SSSR count). The lowest BCUT2D eigenvalue weighted by Gasteiger charge is -2.26. The van der Waals surface area contributed by atoms with E-state index in [2.05, 4.69) is 5.32 Å². The molecule has 1 aromatic rings. The number of amides is 1. The normalized spacial score (nSPS) is 24.2.